The lowest BCUT2D eigenvalue weighted by molar-refractivity contribution is -0.127. The first kappa shape index (κ1) is 44.9. The molecule has 0 aliphatic carbocycles. The molecular formula is C38H74N4O6S2. The fraction of sp³-hybridized carbons (Fsp3) is 0.947. The van der Waals surface area contributed by atoms with Crippen LogP contribution in [0.2, 0.25) is 0 Å². The molecule has 4 N–H and O–H groups in total. The van der Waals surface area contributed by atoms with Crippen LogP contribution in [0.1, 0.15) is 187 Å². The Kier molecular flexibility index (Phi) is 23.8. The predicted molar refractivity (Wildman–Crippen MR) is 206 cm³/mol. The molecule has 0 spiro atoms. The smallest absolute Gasteiger partial charge is 0.226 e. The van der Waals surface area contributed by atoms with E-state index in [1.165, 1.54) is 89.9 Å². The van der Waals surface area contributed by atoms with E-state index in [4.69, 9.17) is 0 Å². The van der Waals surface area contributed by atoms with Crippen molar-refractivity contribution in [2.24, 2.45) is 5.92 Å². The van der Waals surface area contributed by atoms with E-state index < -0.39 is 44.1 Å². The van der Waals surface area contributed by atoms with Gasteiger partial charge < -0.3 is 10.6 Å². The summed E-state index contributed by atoms with van der Waals surface area (Å²) in [5.74, 6) is -1.30. The van der Waals surface area contributed by atoms with Crippen LogP contribution < -0.4 is 20.1 Å². The Morgan fingerprint density at radius 1 is 0.580 bits per heavy atom. The Balaban J connectivity index is 1.77. The Morgan fingerprint density at radius 2 is 1.02 bits per heavy atom. The van der Waals surface area contributed by atoms with Crippen LogP contribution in [0, 0.1) is 5.92 Å². The minimum absolute atomic E-state index is 0.00233. The quantitative estimate of drug-likeness (QED) is 0.0587. The van der Waals surface area contributed by atoms with Crippen LogP contribution in [-0.4, -0.2) is 64.8 Å². The van der Waals surface area contributed by atoms with E-state index in [0.717, 1.165) is 38.5 Å². The largest absolute Gasteiger partial charge is 0.356 e. The number of nitrogens with one attached hydrogen (secondary N) is 4. The molecule has 0 aromatic rings. The van der Waals surface area contributed by atoms with Crippen molar-refractivity contribution in [3.8, 4) is 0 Å². The summed E-state index contributed by atoms with van der Waals surface area (Å²) in [4.78, 5) is 26.3. The Hall–Kier alpha value is -1.24. The van der Waals surface area contributed by atoms with Gasteiger partial charge in [0, 0.05) is 31.1 Å². The molecule has 4 atom stereocenters. The zero-order valence-corrected chi connectivity index (χ0v) is 33.4. The molecule has 2 aliphatic heterocycles. The highest BCUT2D eigenvalue weighted by atomic mass is 32.2. The maximum Gasteiger partial charge on any atom is 0.226 e. The van der Waals surface area contributed by atoms with Gasteiger partial charge in [-0.2, -0.15) is 0 Å². The number of hydrogen-bond donors (Lipinski definition) is 4. The zero-order chi connectivity index (χ0) is 36.5. The molecule has 294 valence electrons. The van der Waals surface area contributed by atoms with Crippen molar-refractivity contribution in [2.75, 3.05) is 18.1 Å². The van der Waals surface area contributed by atoms with Gasteiger partial charge in [-0.15, -0.1) is 0 Å². The van der Waals surface area contributed by atoms with Crippen LogP contribution >= 0.6 is 0 Å². The summed E-state index contributed by atoms with van der Waals surface area (Å²) >= 11 is 0. The summed E-state index contributed by atoms with van der Waals surface area (Å²) in [6.07, 6.45) is 27.0. The molecule has 2 amide bonds. The SMILES string of the molecule is CCCCCCCCCCCCCCS(=O)(=O)N[C@H]1CCC(C2C(=O)NCCC[C@@H]2NS(=O)(=O)CCCCCCCCCCCC)NC(=O)C1. The predicted octanol–water partition coefficient (Wildman–Crippen LogP) is 7.38. The summed E-state index contributed by atoms with van der Waals surface area (Å²) in [5.41, 5.74) is 0. The standard InChI is InChI=1S/C38H74N4O6S2/c1-3-5-7-9-11-13-15-16-18-19-21-23-30-49(45,46)41-33-27-28-34(40-36(43)32-33)37-35(26-25-29-39-38(37)44)42-50(47,48)31-24-22-20-17-14-12-10-8-6-4-2/h33-35,37,41-42H,3-32H2,1-2H3,(H,39,44)(H,40,43)/t33-,34?,35-,37?/m0/s1. The monoisotopic (exact) mass is 747 g/mol. The summed E-state index contributed by atoms with van der Waals surface area (Å²) in [6.45, 7) is 4.90. The molecule has 0 bridgehead atoms. The highest BCUT2D eigenvalue weighted by molar-refractivity contribution is 7.89. The van der Waals surface area contributed by atoms with Crippen molar-refractivity contribution in [1.82, 2.24) is 20.1 Å². The molecule has 50 heavy (non-hydrogen) atoms. The van der Waals surface area contributed by atoms with E-state index in [1.807, 2.05) is 0 Å². The molecule has 12 heteroatoms. The minimum atomic E-state index is -3.62. The van der Waals surface area contributed by atoms with Gasteiger partial charge in [-0.25, -0.2) is 26.3 Å². The third kappa shape index (κ3) is 20.7. The van der Waals surface area contributed by atoms with Gasteiger partial charge >= 0.3 is 0 Å². The molecule has 10 nitrogen and oxygen atoms in total. The average molecular weight is 747 g/mol. The summed E-state index contributed by atoms with van der Waals surface area (Å²) in [5, 5.41) is 5.85. The third-order valence-electron chi connectivity index (χ3n) is 10.5. The number of unbranched alkanes of at least 4 members (excludes halogenated alkanes) is 20. The third-order valence-corrected chi connectivity index (χ3v) is 13.5. The molecule has 0 aromatic carbocycles. The minimum Gasteiger partial charge on any atom is -0.356 e. The topological polar surface area (TPSA) is 151 Å². The molecule has 0 radical (unpaired) electrons. The van der Waals surface area contributed by atoms with Gasteiger partial charge in [0.05, 0.1) is 17.4 Å². The lowest BCUT2D eigenvalue weighted by Gasteiger charge is -2.31. The maximum atomic E-state index is 13.3. The molecule has 2 rings (SSSR count). The molecule has 2 unspecified atom stereocenters. The summed E-state index contributed by atoms with van der Waals surface area (Å²) in [6, 6.07) is -1.77. The van der Waals surface area contributed by atoms with E-state index in [9.17, 15) is 26.4 Å². The highest BCUT2D eigenvalue weighted by Crippen LogP contribution is 2.25. The van der Waals surface area contributed by atoms with Crippen LogP contribution in [0.15, 0.2) is 0 Å². The Morgan fingerprint density at radius 3 is 1.50 bits per heavy atom. The lowest BCUT2D eigenvalue weighted by Crippen LogP contribution is -2.54. The number of rotatable bonds is 29. The van der Waals surface area contributed by atoms with E-state index in [1.54, 1.807) is 0 Å². The van der Waals surface area contributed by atoms with Crippen molar-refractivity contribution in [1.29, 1.82) is 0 Å². The highest BCUT2D eigenvalue weighted by Gasteiger charge is 2.41. The molecule has 0 aromatic heterocycles. The van der Waals surface area contributed by atoms with Gasteiger partial charge in [-0.1, -0.05) is 142 Å². The fourth-order valence-electron chi connectivity index (χ4n) is 7.54. The van der Waals surface area contributed by atoms with Gasteiger partial charge in [0.1, 0.15) is 0 Å². The van der Waals surface area contributed by atoms with Crippen LogP contribution in [0.4, 0.5) is 0 Å². The first-order valence-electron chi connectivity index (χ1n) is 20.6. The van der Waals surface area contributed by atoms with Gasteiger partial charge in [-0.3, -0.25) is 9.59 Å². The Bertz CT molecular complexity index is 1130. The van der Waals surface area contributed by atoms with Crippen molar-refractivity contribution < 1.29 is 26.4 Å². The van der Waals surface area contributed by atoms with Crippen LogP contribution in [-0.2, 0) is 29.6 Å². The van der Waals surface area contributed by atoms with Gasteiger partial charge in [-0.05, 0) is 38.5 Å². The van der Waals surface area contributed by atoms with Crippen LogP contribution in [0.25, 0.3) is 0 Å². The van der Waals surface area contributed by atoms with Crippen molar-refractivity contribution >= 4 is 31.9 Å². The maximum absolute atomic E-state index is 13.3. The van der Waals surface area contributed by atoms with E-state index in [-0.39, 0.29) is 29.7 Å². The second-order valence-corrected chi connectivity index (χ2v) is 18.9. The first-order chi connectivity index (χ1) is 24.1. The summed E-state index contributed by atoms with van der Waals surface area (Å²) in [7, 11) is -7.17. The zero-order valence-electron chi connectivity index (χ0n) is 31.8. The Labute approximate surface area is 306 Å². The van der Waals surface area contributed by atoms with E-state index in [0.29, 0.717) is 45.1 Å². The number of hydrogen-bond acceptors (Lipinski definition) is 6. The van der Waals surface area contributed by atoms with Crippen molar-refractivity contribution in [3.05, 3.63) is 0 Å². The van der Waals surface area contributed by atoms with Crippen LogP contribution in [0.5, 0.6) is 0 Å². The second-order valence-electron chi connectivity index (χ2n) is 15.2. The number of sulfonamides is 2. The van der Waals surface area contributed by atoms with Crippen LogP contribution in [0.3, 0.4) is 0 Å². The van der Waals surface area contributed by atoms with Gasteiger partial charge in [0.15, 0.2) is 0 Å². The molecular weight excluding hydrogens is 673 g/mol. The lowest BCUT2D eigenvalue weighted by atomic mass is 9.87. The second kappa shape index (κ2) is 26.5. The number of amides is 2. The van der Waals surface area contributed by atoms with Crippen molar-refractivity contribution in [2.45, 2.75) is 205 Å². The molecule has 2 heterocycles. The summed E-state index contributed by atoms with van der Waals surface area (Å²) < 4.78 is 57.7. The first-order valence-corrected chi connectivity index (χ1v) is 23.9. The number of carbonyl (C=O) groups is 2. The molecule has 2 aliphatic rings. The van der Waals surface area contributed by atoms with E-state index >= 15 is 0 Å². The van der Waals surface area contributed by atoms with Gasteiger partial charge in [0.25, 0.3) is 0 Å². The number of carbonyl (C=O) groups excluding carboxylic acids is 2. The average Bonchev–Trinajstić information content (AvgIpc) is 3.35. The molecule has 2 fully saturated rings. The van der Waals surface area contributed by atoms with Crippen molar-refractivity contribution in [3.63, 3.8) is 0 Å². The molecule has 0 saturated carbocycles. The molecule has 2 saturated heterocycles. The van der Waals surface area contributed by atoms with E-state index in [2.05, 4.69) is 33.9 Å². The van der Waals surface area contributed by atoms with Gasteiger partial charge in [0.2, 0.25) is 31.9 Å². The normalized spacial score (nSPS) is 22.1. The fourth-order valence-corrected chi connectivity index (χ4v) is 10.4.